The van der Waals surface area contributed by atoms with Crippen molar-refractivity contribution in [3.8, 4) is 0 Å². The lowest BCUT2D eigenvalue weighted by atomic mass is 9.72. The summed E-state index contributed by atoms with van der Waals surface area (Å²) in [5, 5.41) is 6.07. The monoisotopic (exact) mass is 508 g/mol. The van der Waals surface area contributed by atoms with E-state index < -0.39 is 15.8 Å². The smallest absolute Gasteiger partial charge is 0.0185 e. The molecule has 184 valence electrons. The molecule has 1 fully saturated rings. The van der Waals surface area contributed by atoms with Crippen molar-refractivity contribution in [2.24, 2.45) is 11.3 Å². The van der Waals surface area contributed by atoms with Crippen LogP contribution in [0.5, 0.6) is 0 Å². The van der Waals surface area contributed by atoms with Gasteiger partial charge in [0.25, 0.3) is 0 Å². The summed E-state index contributed by atoms with van der Waals surface area (Å²) in [4.78, 5) is 0. The second-order valence-corrected chi connectivity index (χ2v) is 14.9. The van der Waals surface area contributed by atoms with Gasteiger partial charge in [-0.25, -0.2) is 0 Å². The maximum absolute atomic E-state index is 2.66. The molecule has 1 aliphatic rings. The molecule has 0 aromatic heterocycles. The molecule has 0 nitrogen and oxygen atoms in total. The van der Waals surface area contributed by atoms with Crippen LogP contribution in [0, 0.1) is 11.3 Å². The lowest BCUT2D eigenvalue weighted by molar-refractivity contribution is 0.188. The van der Waals surface area contributed by atoms with E-state index in [-0.39, 0.29) is 5.41 Å². The quantitative estimate of drug-likeness (QED) is 0.202. The minimum atomic E-state index is -0.422. The molecule has 0 atom stereocenters. The Morgan fingerprint density at radius 2 is 0.806 bits per heavy atom. The van der Waals surface area contributed by atoms with Crippen LogP contribution in [0.3, 0.4) is 0 Å². The fourth-order valence-electron chi connectivity index (χ4n) is 5.93. The molecule has 4 aromatic rings. The van der Waals surface area contributed by atoms with Crippen molar-refractivity contribution in [3.63, 3.8) is 0 Å². The highest BCUT2D eigenvalue weighted by atomic mass is 31.1. The number of rotatable bonds is 9. The summed E-state index contributed by atoms with van der Waals surface area (Å²) in [5.74, 6) is 0.793. The Kier molecular flexibility index (Phi) is 8.69. The third-order valence-electron chi connectivity index (χ3n) is 7.90. The molecule has 2 heteroatoms. The second-order valence-electron chi connectivity index (χ2n) is 10.5. The molecule has 0 N–H and O–H groups in total. The third kappa shape index (κ3) is 6.17. The Morgan fingerprint density at radius 3 is 1.11 bits per heavy atom. The first-order chi connectivity index (χ1) is 17.7. The number of benzene rings is 4. The Morgan fingerprint density at radius 1 is 0.500 bits per heavy atom. The maximum Gasteiger partial charge on any atom is -0.0185 e. The van der Waals surface area contributed by atoms with Gasteiger partial charge in [0.1, 0.15) is 0 Å². The van der Waals surface area contributed by atoms with Gasteiger partial charge < -0.3 is 0 Å². The molecular weight excluding hydrogens is 470 g/mol. The van der Waals surface area contributed by atoms with Crippen LogP contribution in [0.2, 0.25) is 0 Å². The van der Waals surface area contributed by atoms with Gasteiger partial charge in [0.15, 0.2) is 0 Å². The van der Waals surface area contributed by atoms with Gasteiger partial charge in [-0.3, -0.25) is 0 Å². The molecule has 0 heterocycles. The normalized spacial score (nSPS) is 14.9. The molecular formula is C34H38P2. The highest BCUT2D eigenvalue weighted by molar-refractivity contribution is 7.74. The molecule has 0 spiro atoms. The van der Waals surface area contributed by atoms with E-state index in [0.29, 0.717) is 0 Å². The van der Waals surface area contributed by atoms with Gasteiger partial charge in [0.2, 0.25) is 0 Å². The molecule has 1 saturated carbocycles. The fourth-order valence-corrected chi connectivity index (χ4v) is 11.7. The Balaban J connectivity index is 1.56. The predicted octanol–water partition coefficient (Wildman–Crippen LogP) is 7.84. The molecule has 5 rings (SSSR count). The first-order valence-electron chi connectivity index (χ1n) is 13.5. The molecule has 0 saturated heterocycles. The van der Waals surface area contributed by atoms with Crippen LogP contribution in [0.25, 0.3) is 0 Å². The summed E-state index contributed by atoms with van der Waals surface area (Å²) in [5.41, 5.74) is 0.287. The summed E-state index contributed by atoms with van der Waals surface area (Å²) < 4.78 is 0. The van der Waals surface area contributed by atoms with E-state index in [2.05, 4.69) is 128 Å². The van der Waals surface area contributed by atoms with Crippen LogP contribution in [-0.2, 0) is 0 Å². The molecule has 1 aliphatic carbocycles. The number of hydrogen-bond donors (Lipinski definition) is 0. The molecule has 0 unspecified atom stereocenters. The van der Waals surface area contributed by atoms with Gasteiger partial charge in [-0.1, -0.05) is 148 Å². The van der Waals surface area contributed by atoms with Gasteiger partial charge >= 0.3 is 0 Å². The molecule has 0 amide bonds. The Labute approximate surface area is 220 Å². The van der Waals surface area contributed by atoms with Crippen LogP contribution >= 0.6 is 15.8 Å². The first kappa shape index (κ1) is 25.4. The van der Waals surface area contributed by atoms with E-state index in [9.17, 15) is 0 Å². The van der Waals surface area contributed by atoms with Crippen LogP contribution in [0.4, 0.5) is 0 Å². The lowest BCUT2D eigenvalue weighted by Crippen LogP contribution is -2.39. The molecule has 0 bridgehead atoms. The van der Waals surface area contributed by atoms with E-state index in [4.69, 9.17) is 0 Å². The lowest BCUT2D eigenvalue weighted by Gasteiger charge is -2.44. The fraction of sp³-hybridized carbons (Fsp3) is 0.294. The largest absolute Gasteiger partial charge is 0.0622 e. The standard InChI is InChI=1S/C34H38P2/c1-34(29-17-7-2-8-18-29,27-35(30-19-9-3-10-20-30)31-21-11-4-12-22-31)28-36(32-23-13-5-14-24-32)33-25-15-6-16-26-33/h3-6,9-16,19-26,29H,2,7-8,17-18,27-28H2,1H3. The average Bonchev–Trinajstić information content (AvgIpc) is 2.97. The zero-order chi connectivity index (χ0) is 24.6. The van der Waals surface area contributed by atoms with E-state index in [1.807, 2.05) is 0 Å². The van der Waals surface area contributed by atoms with E-state index in [1.54, 1.807) is 0 Å². The third-order valence-corrected chi connectivity index (χ3v) is 13.7. The van der Waals surface area contributed by atoms with Crippen LogP contribution in [0.1, 0.15) is 39.0 Å². The van der Waals surface area contributed by atoms with Crippen molar-refractivity contribution in [2.45, 2.75) is 39.0 Å². The SMILES string of the molecule is CC(CP(c1ccccc1)c1ccccc1)(CP(c1ccccc1)c1ccccc1)C1CCCCC1. The predicted molar refractivity (Wildman–Crippen MR) is 163 cm³/mol. The first-order valence-corrected chi connectivity index (χ1v) is 16.5. The second kappa shape index (κ2) is 12.3. The van der Waals surface area contributed by atoms with Crippen molar-refractivity contribution in [1.82, 2.24) is 0 Å². The molecule has 0 aliphatic heterocycles. The summed E-state index contributed by atoms with van der Waals surface area (Å²) >= 11 is 0. The van der Waals surface area contributed by atoms with Gasteiger partial charge in [0.05, 0.1) is 0 Å². The van der Waals surface area contributed by atoms with Gasteiger partial charge in [-0.15, -0.1) is 0 Å². The summed E-state index contributed by atoms with van der Waals surface area (Å²) in [6.07, 6.45) is 9.49. The highest BCUT2D eigenvalue weighted by Gasteiger charge is 2.40. The van der Waals surface area contributed by atoms with Crippen molar-refractivity contribution < 1.29 is 0 Å². The zero-order valence-electron chi connectivity index (χ0n) is 21.5. The van der Waals surface area contributed by atoms with E-state index >= 15 is 0 Å². The molecule has 4 aromatic carbocycles. The van der Waals surface area contributed by atoms with Crippen molar-refractivity contribution in [2.75, 3.05) is 12.3 Å². The van der Waals surface area contributed by atoms with Crippen molar-refractivity contribution >= 4 is 37.1 Å². The van der Waals surface area contributed by atoms with Crippen molar-refractivity contribution in [1.29, 1.82) is 0 Å². The number of hydrogen-bond acceptors (Lipinski definition) is 0. The molecule has 36 heavy (non-hydrogen) atoms. The summed E-state index contributed by atoms with van der Waals surface area (Å²) in [6, 6.07) is 45.4. The van der Waals surface area contributed by atoms with Gasteiger partial charge in [-0.05, 0) is 73.6 Å². The summed E-state index contributed by atoms with van der Waals surface area (Å²) in [6.45, 7) is 2.66. The summed E-state index contributed by atoms with van der Waals surface area (Å²) in [7, 11) is -0.843. The Hall–Kier alpha value is -2.26. The van der Waals surface area contributed by atoms with E-state index in [1.165, 1.54) is 65.6 Å². The zero-order valence-corrected chi connectivity index (χ0v) is 23.3. The maximum atomic E-state index is 2.66. The van der Waals surface area contributed by atoms with Crippen LogP contribution in [-0.4, -0.2) is 12.3 Å². The van der Waals surface area contributed by atoms with Crippen molar-refractivity contribution in [3.05, 3.63) is 121 Å². The Bertz CT molecular complexity index is 1010. The highest BCUT2D eigenvalue weighted by Crippen LogP contribution is 2.53. The molecule has 0 radical (unpaired) electrons. The van der Waals surface area contributed by atoms with Crippen LogP contribution in [0.15, 0.2) is 121 Å². The topological polar surface area (TPSA) is 0 Å². The minimum absolute atomic E-state index is 0.287. The average molecular weight is 509 g/mol. The van der Waals surface area contributed by atoms with Crippen LogP contribution < -0.4 is 21.2 Å². The van der Waals surface area contributed by atoms with E-state index in [0.717, 1.165) is 5.92 Å². The van der Waals surface area contributed by atoms with Gasteiger partial charge in [0, 0.05) is 0 Å². The minimum Gasteiger partial charge on any atom is -0.0622 e. The van der Waals surface area contributed by atoms with Gasteiger partial charge in [-0.2, -0.15) is 0 Å².